The van der Waals surface area contributed by atoms with Gasteiger partial charge in [0.25, 0.3) is 5.91 Å². The van der Waals surface area contributed by atoms with E-state index in [9.17, 15) is 9.59 Å². The van der Waals surface area contributed by atoms with Crippen LogP contribution in [0.5, 0.6) is 0 Å². The van der Waals surface area contributed by atoms with Crippen molar-refractivity contribution in [2.75, 3.05) is 18.4 Å². The topological polar surface area (TPSA) is 70.2 Å². The molecule has 0 aromatic heterocycles. The van der Waals surface area contributed by atoms with E-state index in [0.717, 1.165) is 56.4 Å². The van der Waals surface area contributed by atoms with E-state index < -0.39 is 0 Å². The van der Waals surface area contributed by atoms with E-state index >= 15 is 0 Å². The Morgan fingerprint density at radius 2 is 2.04 bits per heavy atom. The number of benzene rings is 1. The first kappa shape index (κ1) is 16.6. The van der Waals surface area contributed by atoms with Crippen molar-refractivity contribution in [2.24, 2.45) is 11.3 Å². The van der Waals surface area contributed by atoms with Gasteiger partial charge in [0.2, 0.25) is 5.91 Å². The second-order valence-corrected chi connectivity index (χ2v) is 7.96. The van der Waals surface area contributed by atoms with Crippen molar-refractivity contribution in [3.63, 3.8) is 0 Å². The second-order valence-electron chi connectivity index (χ2n) is 7.96. The van der Waals surface area contributed by atoms with Crippen LogP contribution in [0.3, 0.4) is 0 Å². The van der Waals surface area contributed by atoms with Crippen LogP contribution in [-0.4, -0.2) is 30.9 Å². The zero-order valence-corrected chi connectivity index (χ0v) is 14.9. The van der Waals surface area contributed by atoms with Crippen LogP contribution in [0.4, 0.5) is 5.69 Å². The van der Waals surface area contributed by atoms with Crippen LogP contribution >= 0.6 is 0 Å². The molecule has 1 aromatic carbocycles. The van der Waals surface area contributed by atoms with Gasteiger partial charge in [0.15, 0.2) is 0 Å². The fraction of sp³-hybridized carbons (Fsp3) is 0.600. The van der Waals surface area contributed by atoms with Gasteiger partial charge in [-0.3, -0.25) is 9.59 Å². The SMILES string of the molecule is Cc1ccc(C(=O)NC2CC2)cc1NC(=O)[C@@]12CCCC[C@H]1CNC2. The highest BCUT2D eigenvalue weighted by Gasteiger charge is 2.49. The predicted octanol–water partition coefficient (Wildman–Crippen LogP) is 2.61. The number of hydrogen-bond acceptors (Lipinski definition) is 3. The number of carbonyl (C=O) groups is 2. The lowest BCUT2D eigenvalue weighted by atomic mass is 9.67. The standard InChI is InChI=1S/C20H27N3O2/c1-13-5-6-14(18(24)22-16-7-8-16)10-17(13)23-19(25)20-9-3-2-4-15(20)11-21-12-20/h5-6,10,15-16,21H,2-4,7-9,11-12H2,1H3,(H,22,24)(H,23,25)/t15-,20+/m0/s1. The van der Waals surface area contributed by atoms with Crippen molar-refractivity contribution >= 4 is 17.5 Å². The van der Waals surface area contributed by atoms with Crippen molar-refractivity contribution in [1.82, 2.24) is 10.6 Å². The molecule has 5 heteroatoms. The highest BCUT2D eigenvalue weighted by molar-refractivity contribution is 6.00. The molecule has 0 spiro atoms. The summed E-state index contributed by atoms with van der Waals surface area (Å²) in [6.07, 6.45) is 6.56. The zero-order chi connectivity index (χ0) is 17.4. The summed E-state index contributed by atoms with van der Waals surface area (Å²) >= 11 is 0. The Hall–Kier alpha value is -1.88. The van der Waals surface area contributed by atoms with Crippen molar-refractivity contribution in [1.29, 1.82) is 0 Å². The lowest BCUT2D eigenvalue weighted by molar-refractivity contribution is -0.128. The number of rotatable bonds is 4. The van der Waals surface area contributed by atoms with Crippen LogP contribution in [0.1, 0.15) is 54.4 Å². The molecular formula is C20H27N3O2. The maximum atomic E-state index is 13.1. The third-order valence-corrected chi connectivity index (χ3v) is 6.15. The van der Waals surface area contributed by atoms with Crippen LogP contribution in [0.2, 0.25) is 0 Å². The summed E-state index contributed by atoms with van der Waals surface area (Å²) in [5.74, 6) is 0.502. The Labute approximate surface area is 148 Å². The largest absolute Gasteiger partial charge is 0.349 e. The third kappa shape index (κ3) is 3.17. The minimum atomic E-state index is -0.281. The first-order valence-corrected chi connectivity index (χ1v) is 9.52. The molecule has 3 fully saturated rings. The molecule has 1 heterocycles. The van der Waals surface area contributed by atoms with Crippen LogP contribution in [0.25, 0.3) is 0 Å². The zero-order valence-electron chi connectivity index (χ0n) is 14.9. The predicted molar refractivity (Wildman–Crippen MR) is 97.6 cm³/mol. The van der Waals surface area contributed by atoms with Crippen LogP contribution in [-0.2, 0) is 4.79 Å². The first-order valence-electron chi connectivity index (χ1n) is 9.52. The lowest BCUT2D eigenvalue weighted by Crippen LogP contribution is -2.44. The molecule has 3 N–H and O–H groups in total. The van der Waals surface area contributed by atoms with Crippen molar-refractivity contribution in [3.05, 3.63) is 29.3 Å². The van der Waals surface area contributed by atoms with Gasteiger partial charge >= 0.3 is 0 Å². The highest BCUT2D eigenvalue weighted by atomic mass is 16.2. The lowest BCUT2D eigenvalue weighted by Gasteiger charge is -2.37. The highest BCUT2D eigenvalue weighted by Crippen LogP contribution is 2.44. The second kappa shape index (κ2) is 6.45. The summed E-state index contributed by atoms with van der Waals surface area (Å²) < 4.78 is 0. The Morgan fingerprint density at radius 3 is 2.84 bits per heavy atom. The van der Waals surface area contributed by atoms with Gasteiger partial charge in [0.05, 0.1) is 5.41 Å². The van der Waals surface area contributed by atoms with Gasteiger partial charge in [-0.2, -0.15) is 0 Å². The molecule has 2 atom stereocenters. The summed E-state index contributed by atoms with van der Waals surface area (Å²) in [6, 6.07) is 5.90. The van der Waals surface area contributed by atoms with Crippen molar-refractivity contribution < 1.29 is 9.59 Å². The summed E-state index contributed by atoms with van der Waals surface area (Å²) in [6.45, 7) is 3.68. The number of fused-ring (bicyclic) bond motifs is 1. The van der Waals surface area contributed by atoms with E-state index in [1.165, 1.54) is 6.42 Å². The third-order valence-electron chi connectivity index (χ3n) is 6.15. The van der Waals surface area contributed by atoms with Gasteiger partial charge in [-0.25, -0.2) is 0 Å². The summed E-state index contributed by atoms with van der Waals surface area (Å²) in [5, 5.41) is 9.57. The summed E-state index contributed by atoms with van der Waals surface area (Å²) in [5.41, 5.74) is 2.09. The number of hydrogen-bond donors (Lipinski definition) is 3. The van der Waals surface area contributed by atoms with E-state index in [4.69, 9.17) is 0 Å². The van der Waals surface area contributed by atoms with Crippen molar-refractivity contribution in [3.8, 4) is 0 Å². The molecule has 2 amide bonds. The maximum Gasteiger partial charge on any atom is 0.251 e. The normalized spacial score (nSPS) is 28.3. The molecular weight excluding hydrogens is 314 g/mol. The maximum absolute atomic E-state index is 13.1. The van der Waals surface area contributed by atoms with Gasteiger partial charge in [-0.05, 0) is 62.8 Å². The molecule has 25 heavy (non-hydrogen) atoms. The molecule has 0 unspecified atom stereocenters. The summed E-state index contributed by atoms with van der Waals surface area (Å²) in [4.78, 5) is 25.4. The van der Waals surface area contributed by atoms with Gasteiger partial charge in [-0.1, -0.05) is 18.9 Å². The molecule has 1 saturated heterocycles. The first-order chi connectivity index (χ1) is 12.1. The molecule has 5 nitrogen and oxygen atoms in total. The van der Waals surface area contributed by atoms with Crippen LogP contribution in [0, 0.1) is 18.3 Å². The average molecular weight is 341 g/mol. The molecule has 1 aromatic rings. The average Bonchev–Trinajstić information content (AvgIpc) is 3.31. The van der Waals surface area contributed by atoms with E-state index in [-0.39, 0.29) is 17.2 Å². The van der Waals surface area contributed by atoms with Gasteiger partial charge in [0.1, 0.15) is 0 Å². The minimum absolute atomic E-state index is 0.0470. The molecule has 2 aliphatic carbocycles. The molecule has 0 bridgehead atoms. The van der Waals surface area contributed by atoms with Gasteiger partial charge < -0.3 is 16.0 Å². The van der Waals surface area contributed by atoms with E-state index in [0.29, 0.717) is 17.5 Å². The number of carbonyl (C=O) groups excluding carboxylic acids is 2. The molecule has 0 radical (unpaired) electrons. The molecule has 134 valence electrons. The number of amides is 2. The van der Waals surface area contributed by atoms with E-state index in [1.807, 2.05) is 25.1 Å². The van der Waals surface area contributed by atoms with Gasteiger partial charge in [0, 0.05) is 23.8 Å². The van der Waals surface area contributed by atoms with E-state index in [2.05, 4.69) is 16.0 Å². The number of nitrogens with one attached hydrogen (secondary N) is 3. The Bertz CT molecular complexity index is 698. The minimum Gasteiger partial charge on any atom is -0.349 e. The fourth-order valence-electron chi connectivity index (χ4n) is 4.33. The summed E-state index contributed by atoms with van der Waals surface area (Å²) in [7, 11) is 0. The van der Waals surface area contributed by atoms with Crippen LogP contribution < -0.4 is 16.0 Å². The van der Waals surface area contributed by atoms with E-state index in [1.54, 1.807) is 0 Å². The Kier molecular flexibility index (Phi) is 4.28. The number of aryl methyl sites for hydroxylation is 1. The van der Waals surface area contributed by atoms with Crippen molar-refractivity contribution in [2.45, 2.75) is 51.5 Å². The van der Waals surface area contributed by atoms with Gasteiger partial charge in [-0.15, -0.1) is 0 Å². The van der Waals surface area contributed by atoms with Crippen LogP contribution in [0.15, 0.2) is 18.2 Å². The molecule has 3 aliphatic rings. The quantitative estimate of drug-likeness (QED) is 0.788. The monoisotopic (exact) mass is 341 g/mol. The number of anilines is 1. The fourth-order valence-corrected chi connectivity index (χ4v) is 4.33. The Morgan fingerprint density at radius 1 is 1.20 bits per heavy atom. The smallest absolute Gasteiger partial charge is 0.251 e. The molecule has 4 rings (SSSR count). The molecule has 2 saturated carbocycles. The Balaban J connectivity index is 1.53. The molecule has 1 aliphatic heterocycles.